The van der Waals surface area contributed by atoms with Gasteiger partial charge >= 0.3 is 0 Å². The van der Waals surface area contributed by atoms with Crippen LogP contribution in [-0.4, -0.2) is 51.4 Å². The molecule has 0 aromatic carbocycles. The van der Waals surface area contributed by atoms with Gasteiger partial charge in [-0.05, 0) is 44.9 Å². The average Bonchev–Trinajstić information content (AvgIpc) is 3.29. The Balaban J connectivity index is 1.29. The van der Waals surface area contributed by atoms with Crippen LogP contribution in [0.3, 0.4) is 0 Å². The van der Waals surface area contributed by atoms with Crippen molar-refractivity contribution in [3.8, 4) is 0 Å². The molecule has 6 heteroatoms. The van der Waals surface area contributed by atoms with Gasteiger partial charge in [0, 0.05) is 50.4 Å². The lowest BCUT2D eigenvalue weighted by molar-refractivity contribution is -0.131. The molecule has 3 heterocycles. The molecule has 2 aliphatic rings. The Morgan fingerprint density at radius 2 is 2.11 bits per heavy atom. The third-order valence-electron chi connectivity index (χ3n) is 5.83. The first-order valence-electron chi connectivity index (χ1n) is 10.2. The normalized spacial score (nSPS) is 20.1. The molecule has 1 saturated carbocycles. The predicted octanol–water partition coefficient (Wildman–Crippen LogP) is 3.35. The van der Waals surface area contributed by atoms with Crippen molar-refractivity contribution >= 4 is 5.91 Å². The molecule has 1 unspecified atom stereocenters. The summed E-state index contributed by atoms with van der Waals surface area (Å²) < 4.78 is 8.00. The molecule has 6 nitrogen and oxygen atoms in total. The number of imidazole rings is 1. The molecule has 4 rings (SSSR count). The summed E-state index contributed by atoms with van der Waals surface area (Å²) in [6, 6.07) is 4.71. The number of rotatable bonds is 7. The fourth-order valence-corrected chi connectivity index (χ4v) is 3.86. The second-order valence-corrected chi connectivity index (χ2v) is 8.03. The number of nitrogens with zero attached hydrogens (tertiary/aromatic N) is 4. The molecule has 0 bridgehead atoms. The molecule has 1 saturated heterocycles. The molecule has 2 fully saturated rings. The third-order valence-corrected chi connectivity index (χ3v) is 5.83. The van der Waals surface area contributed by atoms with Crippen molar-refractivity contribution in [2.24, 2.45) is 0 Å². The number of furan rings is 1. The minimum atomic E-state index is 0.248. The summed E-state index contributed by atoms with van der Waals surface area (Å²) in [5.41, 5.74) is 0. The van der Waals surface area contributed by atoms with Crippen LogP contribution in [0.1, 0.15) is 61.9 Å². The van der Waals surface area contributed by atoms with Gasteiger partial charge in [0.25, 0.3) is 0 Å². The van der Waals surface area contributed by atoms with Gasteiger partial charge in [0.15, 0.2) is 0 Å². The minimum Gasteiger partial charge on any atom is -0.466 e. The maximum Gasteiger partial charge on any atom is 0.224 e. The molecule has 146 valence electrons. The zero-order valence-electron chi connectivity index (χ0n) is 16.4. The van der Waals surface area contributed by atoms with Gasteiger partial charge in [-0.25, -0.2) is 4.98 Å². The molecule has 0 spiro atoms. The second kappa shape index (κ2) is 7.89. The lowest BCUT2D eigenvalue weighted by Crippen LogP contribution is -2.34. The highest BCUT2D eigenvalue weighted by molar-refractivity contribution is 5.76. The highest BCUT2D eigenvalue weighted by Gasteiger charge is 2.28. The van der Waals surface area contributed by atoms with E-state index in [2.05, 4.69) is 33.6 Å². The van der Waals surface area contributed by atoms with Gasteiger partial charge < -0.3 is 18.8 Å². The highest BCUT2D eigenvalue weighted by Crippen LogP contribution is 2.35. The van der Waals surface area contributed by atoms with Gasteiger partial charge in [-0.1, -0.05) is 6.92 Å². The van der Waals surface area contributed by atoms with E-state index in [9.17, 15) is 4.79 Å². The van der Waals surface area contributed by atoms with Crippen molar-refractivity contribution in [3.05, 3.63) is 41.9 Å². The number of aromatic nitrogens is 2. The first-order valence-corrected chi connectivity index (χ1v) is 10.2. The molecule has 1 atom stereocenters. The van der Waals surface area contributed by atoms with Crippen LogP contribution in [0.4, 0.5) is 0 Å². The van der Waals surface area contributed by atoms with E-state index >= 15 is 0 Å². The smallest absolute Gasteiger partial charge is 0.224 e. The van der Waals surface area contributed by atoms with Crippen molar-refractivity contribution in [1.82, 2.24) is 19.4 Å². The summed E-state index contributed by atoms with van der Waals surface area (Å²) in [7, 11) is 0. The first-order chi connectivity index (χ1) is 13.1. The van der Waals surface area contributed by atoms with E-state index in [0.29, 0.717) is 24.9 Å². The Morgan fingerprint density at radius 3 is 2.85 bits per heavy atom. The average molecular weight is 370 g/mol. The zero-order valence-corrected chi connectivity index (χ0v) is 16.4. The Morgan fingerprint density at radius 1 is 1.26 bits per heavy atom. The molecule has 1 aliphatic carbocycles. The molecule has 0 N–H and O–H groups in total. The molecular formula is C21H30N4O2. The van der Waals surface area contributed by atoms with Crippen LogP contribution in [0.25, 0.3) is 0 Å². The molecule has 27 heavy (non-hydrogen) atoms. The summed E-state index contributed by atoms with van der Waals surface area (Å²) in [6.07, 6.45) is 8.03. The SMILES string of the molecule is Cc1ccc(C(C)CCN2CCC(=O)N(Cc3nccn3C3CC3)CC2)o1. The minimum absolute atomic E-state index is 0.248. The van der Waals surface area contributed by atoms with Crippen molar-refractivity contribution in [1.29, 1.82) is 0 Å². The van der Waals surface area contributed by atoms with Crippen molar-refractivity contribution in [2.45, 2.75) is 58.0 Å². The summed E-state index contributed by atoms with van der Waals surface area (Å²) in [5.74, 6) is 3.71. The Kier molecular flexibility index (Phi) is 5.34. The Bertz CT molecular complexity index is 777. The summed E-state index contributed by atoms with van der Waals surface area (Å²) in [6.45, 7) is 8.39. The van der Waals surface area contributed by atoms with Gasteiger partial charge in [-0.3, -0.25) is 4.79 Å². The molecule has 1 amide bonds. The summed E-state index contributed by atoms with van der Waals surface area (Å²) >= 11 is 0. The van der Waals surface area contributed by atoms with Gasteiger partial charge in [0.1, 0.15) is 17.3 Å². The molecule has 0 radical (unpaired) electrons. The van der Waals surface area contributed by atoms with E-state index in [1.165, 1.54) is 12.8 Å². The standard InChI is InChI=1S/C21H30N4O2/c1-16(19-6-3-17(2)27-19)7-10-23-11-8-21(26)24(14-13-23)15-20-22-9-12-25(20)18-4-5-18/h3,6,9,12,16,18H,4-5,7-8,10-11,13-15H2,1-2H3. The van der Waals surface area contributed by atoms with Gasteiger partial charge in [0.2, 0.25) is 5.91 Å². The number of hydrogen-bond donors (Lipinski definition) is 0. The van der Waals surface area contributed by atoms with Crippen LogP contribution >= 0.6 is 0 Å². The van der Waals surface area contributed by atoms with Crippen molar-refractivity contribution in [2.75, 3.05) is 26.2 Å². The number of aryl methyl sites for hydroxylation is 1. The first kappa shape index (κ1) is 18.3. The van der Waals surface area contributed by atoms with Crippen LogP contribution in [0.15, 0.2) is 28.9 Å². The van der Waals surface area contributed by atoms with Crippen LogP contribution in [0.5, 0.6) is 0 Å². The lowest BCUT2D eigenvalue weighted by atomic mass is 10.0. The van der Waals surface area contributed by atoms with Crippen LogP contribution < -0.4 is 0 Å². The quantitative estimate of drug-likeness (QED) is 0.750. The Labute approximate surface area is 161 Å². The summed E-state index contributed by atoms with van der Waals surface area (Å²) in [4.78, 5) is 21.5. The molecule has 2 aromatic rings. The van der Waals surface area contributed by atoms with E-state index < -0.39 is 0 Å². The van der Waals surface area contributed by atoms with Crippen LogP contribution in [0, 0.1) is 6.92 Å². The van der Waals surface area contributed by atoms with E-state index in [1.807, 2.05) is 24.1 Å². The van der Waals surface area contributed by atoms with E-state index in [4.69, 9.17) is 4.42 Å². The van der Waals surface area contributed by atoms with Crippen molar-refractivity contribution in [3.63, 3.8) is 0 Å². The zero-order chi connectivity index (χ0) is 18.8. The maximum atomic E-state index is 12.6. The number of hydrogen-bond acceptors (Lipinski definition) is 4. The predicted molar refractivity (Wildman–Crippen MR) is 103 cm³/mol. The largest absolute Gasteiger partial charge is 0.466 e. The number of carbonyl (C=O) groups excluding carboxylic acids is 1. The van der Waals surface area contributed by atoms with Crippen LogP contribution in [0.2, 0.25) is 0 Å². The van der Waals surface area contributed by atoms with Gasteiger partial charge in [-0.15, -0.1) is 0 Å². The number of carbonyl (C=O) groups is 1. The molecule has 1 aliphatic heterocycles. The maximum absolute atomic E-state index is 12.6. The highest BCUT2D eigenvalue weighted by atomic mass is 16.3. The van der Waals surface area contributed by atoms with Crippen molar-refractivity contribution < 1.29 is 9.21 Å². The van der Waals surface area contributed by atoms with Gasteiger partial charge in [-0.2, -0.15) is 0 Å². The monoisotopic (exact) mass is 370 g/mol. The topological polar surface area (TPSA) is 54.5 Å². The van der Waals surface area contributed by atoms with E-state index in [1.54, 1.807) is 0 Å². The summed E-state index contributed by atoms with van der Waals surface area (Å²) in [5, 5.41) is 0. The fraction of sp³-hybridized carbons (Fsp3) is 0.619. The van der Waals surface area contributed by atoms with Gasteiger partial charge in [0.05, 0.1) is 6.54 Å². The Hall–Kier alpha value is -2.08. The molecule has 2 aromatic heterocycles. The number of amides is 1. The van der Waals surface area contributed by atoms with E-state index in [-0.39, 0.29) is 5.91 Å². The lowest BCUT2D eigenvalue weighted by Gasteiger charge is -2.23. The molecular weight excluding hydrogens is 340 g/mol. The fourth-order valence-electron chi connectivity index (χ4n) is 3.86. The van der Waals surface area contributed by atoms with Crippen LogP contribution in [-0.2, 0) is 11.3 Å². The second-order valence-electron chi connectivity index (χ2n) is 8.03. The third kappa shape index (κ3) is 4.43. The van der Waals surface area contributed by atoms with E-state index in [0.717, 1.165) is 49.9 Å².